The molecule has 5 N–H and O–H groups in total. The molecule has 2 heterocycles. The number of hydrogen-bond donors (Lipinski definition) is 4. The average molecular weight is 631 g/mol. The second-order valence-electron chi connectivity index (χ2n) is 10.3. The molecule has 0 bridgehead atoms. The maximum atomic E-state index is 14.6. The van der Waals surface area contributed by atoms with Gasteiger partial charge in [0.15, 0.2) is 0 Å². The lowest BCUT2D eigenvalue weighted by atomic mass is 10.0. The number of primary amides is 1. The van der Waals surface area contributed by atoms with Gasteiger partial charge in [0.2, 0.25) is 0 Å². The maximum absolute atomic E-state index is 14.6. The Morgan fingerprint density at radius 2 is 1.60 bits per heavy atom. The van der Waals surface area contributed by atoms with Crippen LogP contribution >= 0.6 is 11.3 Å². The fraction of sp³-hybridized carbons (Fsp3) is 0.188. The van der Waals surface area contributed by atoms with Crippen LogP contribution in [-0.4, -0.2) is 45.4 Å². The van der Waals surface area contributed by atoms with Crippen LogP contribution in [0.2, 0.25) is 0 Å². The van der Waals surface area contributed by atoms with Crippen LogP contribution in [0.25, 0.3) is 10.4 Å². The number of nitrogens with two attached hydrogens (primary N) is 1. The number of carbonyl (C=O) groups is 2. The SMILES string of the molecule is CN(Cc1ccccc1)Cc1c(-c2ccc(NC(N)=O)cc2)sc(NCc2c(F)cccc2F)c1C(=O)NCCn1nccn1. The second kappa shape index (κ2) is 14.6. The Morgan fingerprint density at radius 3 is 2.27 bits per heavy atom. The summed E-state index contributed by atoms with van der Waals surface area (Å²) in [5.74, 6) is -1.72. The van der Waals surface area contributed by atoms with Gasteiger partial charge < -0.3 is 21.7 Å². The van der Waals surface area contributed by atoms with Gasteiger partial charge in [-0.25, -0.2) is 13.6 Å². The van der Waals surface area contributed by atoms with Gasteiger partial charge in [0.25, 0.3) is 5.91 Å². The van der Waals surface area contributed by atoms with E-state index >= 15 is 0 Å². The minimum atomic E-state index is -0.683. The van der Waals surface area contributed by atoms with Crippen molar-refractivity contribution < 1.29 is 18.4 Å². The standard InChI is InChI=1S/C32H32F2N8O2S/c1-41(19-21-6-3-2-4-7-21)20-25-28(30(43)36-16-17-42-38-14-15-39-42)31(37-18-24-26(33)8-5-9-27(24)34)45-29(25)22-10-12-23(13-11-22)40-32(35)44/h2-15,37H,16-20H2,1H3,(H,36,43)(H3,35,40,44). The van der Waals surface area contributed by atoms with Gasteiger partial charge in [-0.05, 0) is 48.0 Å². The molecule has 0 aliphatic heterocycles. The molecule has 5 rings (SSSR count). The quantitative estimate of drug-likeness (QED) is 0.137. The fourth-order valence-corrected chi connectivity index (χ4v) is 6.08. The molecule has 0 unspecified atom stereocenters. The van der Waals surface area contributed by atoms with E-state index in [1.807, 2.05) is 49.5 Å². The lowest BCUT2D eigenvalue weighted by molar-refractivity contribution is 0.0951. The van der Waals surface area contributed by atoms with Crippen LogP contribution in [-0.2, 0) is 26.2 Å². The summed E-state index contributed by atoms with van der Waals surface area (Å²) in [6.07, 6.45) is 3.11. The Kier molecular flexibility index (Phi) is 10.1. The maximum Gasteiger partial charge on any atom is 0.316 e. The molecule has 0 saturated carbocycles. The third-order valence-corrected chi connectivity index (χ3v) is 8.16. The van der Waals surface area contributed by atoms with Crippen molar-refractivity contribution in [1.82, 2.24) is 25.2 Å². The number of aromatic nitrogens is 3. The molecule has 13 heteroatoms. The highest BCUT2D eigenvalue weighted by atomic mass is 32.1. The number of nitrogens with one attached hydrogen (secondary N) is 3. The number of thiophene rings is 1. The van der Waals surface area contributed by atoms with Crippen molar-refractivity contribution >= 4 is 34.0 Å². The first kappa shape index (κ1) is 31.3. The second-order valence-corrected chi connectivity index (χ2v) is 11.3. The summed E-state index contributed by atoms with van der Waals surface area (Å²) in [4.78, 5) is 29.6. The zero-order chi connectivity index (χ0) is 31.8. The predicted molar refractivity (Wildman–Crippen MR) is 171 cm³/mol. The van der Waals surface area contributed by atoms with E-state index in [0.29, 0.717) is 35.9 Å². The molecule has 5 aromatic rings. The Labute approximate surface area is 262 Å². The molecule has 0 radical (unpaired) electrons. The van der Waals surface area contributed by atoms with Gasteiger partial charge in [0.1, 0.15) is 16.6 Å². The first-order valence-electron chi connectivity index (χ1n) is 14.1. The van der Waals surface area contributed by atoms with Crippen LogP contribution < -0.4 is 21.7 Å². The summed E-state index contributed by atoms with van der Waals surface area (Å²) in [6.45, 7) is 1.45. The van der Waals surface area contributed by atoms with Crippen LogP contribution in [0.3, 0.4) is 0 Å². The molecule has 45 heavy (non-hydrogen) atoms. The molecule has 0 fully saturated rings. The summed E-state index contributed by atoms with van der Waals surface area (Å²) < 4.78 is 29.1. The molecule has 0 atom stereocenters. The van der Waals surface area contributed by atoms with E-state index in [0.717, 1.165) is 21.6 Å². The topological polar surface area (TPSA) is 130 Å². The number of hydrogen-bond acceptors (Lipinski definition) is 7. The third-order valence-electron chi connectivity index (χ3n) is 6.92. The first-order chi connectivity index (χ1) is 21.8. The Hall–Kier alpha value is -5.14. The van der Waals surface area contributed by atoms with Gasteiger partial charge in [-0.15, -0.1) is 11.3 Å². The first-order valence-corrected chi connectivity index (χ1v) is 14.9. The minimum Gasteiger partial charge on any atom is -0.372 e. The smallest absolute Gasteiger partial charge is 0.316 e. The van der Waals surface area contributed by atoms with E-state index in [9.17, 15) is 18.4 Å². The normalized spacial score (nSPS) is 11.0. The number of amides is 3. The lowest BCUT2D eigenvalue weighted by Crippen LogP contribution is -2.29. The molecule has 10 nitrogen and oxygen atoms in total. The van der Waals surface area contributed by atoms with E-state index in [1.54, 1.807) is 24.5 Å². The average Bonchev–Trinajstić information content (AvgIpc) is 3.66. The number of carbonyl (C=O) groups excluding carboxylic acids is 2. The zero-order valence-electron chi connectivity index (χ0n) is 24.5. The van der Waals surface area contributed by atoms with Crippen LogP contribution in [0.4, 0.5) is 24.3 Å². The van der Waals surface area contributed by atoms with Gasteiger partial charge in [-0.2, -0.15) is 15.0 Å². The van der Waals surface area contributed by atoms with Gasteiger partial charge in [-0.3, -0.25) is 9.69 Å². The molecular weight excluding hydrogens is 598 g/mol. The molecule has 0 spiro atoms. The minimum absolute atomic E-state index is 0.131. The number of rotatable bonds is 13. The summed E-state index contributed by atoms with van der Waals surface area (Å²) in [7, 11) is 1.96. The molecule has 3 aromatic carbocycles. The summed E-state index contributed by atoms with van der Waals surface area (Å²) in [6, 6.07) is 20.1. The highest BCUT2D eigenvalue weighted by Gasteiger charge is 2.26. The van der Waals surface area contributed by atoms with Crippen molar-refractivity contribution in [2.45, 2.75) is 26.2 Å². The van der Waals surface area contributed by atoms with Crippen LogP contribution in [0.5, 0.6) is 0 Å². The van der Waals surface area contributed by atoms with Crippen molar-refractivity contribution in [2.75, 3.05) is 24.2 Å². The molecule has 0 aliphatic rings. The monoisotopic (exact) mass is 630 g/mol. The third kappa shape index (κ3) is 8.08. The Balaban J connectivity index is 1.53. The predicted octanol–water partition coefficient (Wildman–Crippen LogP) is 5.45. The van der Waals surface area contributed by atoms with Gasteiger partial charge >= 0.3 is 6.03 Å². The fourth-order valence-electron chi connectivity index (χ4n) is 4.87. The van der Waals surface area contributed by atoms with Crippen molar-refractivity contribution in [3.8, 4) is 10.4 Å². The van der Waals surface area contributed by atoms with Gasteiger partial charge in [0.05, 0.1) is 24.5 Å². The van der Waals surface area contributed by atoms with Gasteiger partial charge in [0, 0.05) is 42.3 Å². The molecule has 2 aromatic heterocycles. The molecular formula is C32H32F2N8O2S. The highest BCUT2D eigenvalue weighted by Crippen LogP contribution is 2.42. The number of nitrogens with zero attached hydrogens (tertiary/aromatic N) is 4. The zero-order valence-corrected chi connectivity index (χ0v) is 25.3. The summed E-state index contributed by atoms with van der Waals surface area (Å²) in [5.41, 5.74) is 8.67. The van der Waals surface area contributed by atoms with E-state index in [1.165, 1.54) is 34.3 Å². The van der Waals surface area contributed by atoms with Crippen molar-refractivity contribution in [3.05, 3.63) is 119 Å². The highest BCUT2D eigenvalue weighted by molar-refractivity contribution is 7.20. The Morgan fingerprint density at radius 1 is 0.911 bits per heavy atom. The van der Waals surface area contributed by atoms with Crippen molar-refractivity contribution in [2.24, 2.45) is 5.73 Å². The molecule has 3 amide bonds. The molecule has 0 aliphatic carbocycles. The van der Waals surface area contributed by atoms with E-state index in [4.69, 9.17) is 5.73 Å². The number of benzene rings is 3. The van der Waals surface area contributed by atoms with Crippen molar-refractivity contribution in [1.29, 1.82) is 0 Å². The van der Waals surface area contributed by atoms with E-state index < -0.39 is 17.7 Å². The number of urea groups is 1. The van der Waals surface area contributed by atoms with E-state index in [-0.39, 0.29) is 24.6 Å². The lowest BCUT2D eigenvalue weighted by Gasteiger charge is -2.19. The largest absolute Gasteiger partial charge is 0.372 e. The van der Waals surface area contributed by atoms with Crippen molar-refractivity contribution in [3.63, 3.8) is 0 Å². The van der Waals surface area contributed by atoms with Crippen LogP contribution in [0, 0.1) is 11.6 Å². The summed E-state index contributed by atoms with van der Waals surface area (Å²) in [5, 5.41) is 17.3. The molecule has 232 valence electrons. The van der Waals surface area contributed by atoms with E-state index in [2.05, 4.69) is 31.0 Å². The molecule has 0 saturated heterocycles. The number of anilines is 2. The van der Waals surface area contributed by atoms with Crippen LogP contribution in [0.1, 0.15) is 27.0 Å². The number of halogens is 2. The summed E-state index contributed by atoms with van der Waals surface area (Å²) >= 11 is 1.31. The van der Waals surface area contributed by atoms with Crippen LogP contribution in [0.15, 0.2) is 85.2 Å². The Bertz CT molecular complexity index is 1730. The van der Waals surface area contributed by atoms with Gasteiger partial charge in [-0.1, -0.05) is 48.5 Å².